The lowest BCUT2D eigenvalue weighted by Crippen LogP contribution is -2.23. The van der Waals surface area contributed by atoms with E-state index in [-0.39, 0.29) is 17.2 Å². The highest BCUT2D eigenvalue weighted by Crippen LogP contribution is 2.32. The predicted octanol–water partition coefficient (Wildman–Crippen LogP) is 5.11. The largest absolute Gasteiger partial charge is 0.378 e. The van der Waals surface area contributed by atoms with Crippen LogP contribution in [0.25, 0.3) is 20.7 Å². The van der Waals surface area contributed by atoms with Crippen LogP contribution in [0.5, 0.6) is 0 Å². The Balaban J connectivity index is 1.55. The van der Waals surface area contributed by atoms with E-state index >= 15 is 0 Å². The second kappa shape index (κ2) is 10.1. The van der Waals surface area contributed by atoms with Crippen LogP contribution in [0.3, 0.4) is 0 Å². The molecule has 0 spiro atoms. The molecule has 2 aromatic heterocycles. The Labute approximate surface area is 200 Å². The highest BCUT2D eigenvalue weighted by molar-refractivity contribution is 7.99. The van der Waals surface area contributed by atoms with Crippen LogP contribution in [0.4, 0.5) is 11.4 Å². The summed E-state index contributed by atoms with van der Waals surface area (Å²) >= 11 is 2.72. The smallest absolute Gasteiger partial charge is 0.263 e. The number of fused-ring (bicyclic) bond motifs is 1. The lowest BCUT2D eigenvalue weighted by Gasteiger charge is -2.13. The topological polar surface area (TPSA) is 67.2 Å². The molecular formula is C25H24N4O2S2. The molecule has 0 atom stereocenters. The van der Waals surface area contributed by atoms with Gasteiger partial charge < -0.3 is 10.2 Å². The van der Waals surface area contributed by atoms with Gasteiger partial charge in [0, 0.05) is 36.9 Å². The molecule has 0 fully saturated rings. The third-order valence-electron chi connectivity index (χ3n) is 4.99. The third-order valence-corrected chi connectivity index (χ3v) is 7.04. The van der Waals surface area contributed by atoms with Crippen molar-refractivity contribution in [2.75, 3.05) is 30.1 Å². The summed E-state index contributed by atoms with van der Waals surface area (Å²) in [6.07, 6.45) is 1.66. The minimum absolute atomic E-state index is 0.125. The van der Waals surface area contributed by atoms with E-state index in [1.165, 1.54) is 23.1 Å². The van der Waals surface area contributed by atoms with Crippen LogP contribution in [-0.4, -0.2) is 35.3 Å². The minimum Gasteiger partial charge on any atom is -0.378 e. The number of thiophene rings is 1. The van der Waals surface area contributed by atoms with Crippen molar-refractivity contribution >= 4 is 50.6 Å². The van der Waals surface area contributed by atoms with Crippen molar-refractivity contribution in [3.05, 3.63) is 83.7 Å². The number of hydrogen-bond acceptors (Lipinski definition) is 6. The molecule has 0 aliphatic carbocycles. The number of rotatable bonds is 8. The van der Waals surface area contributed by atoms with Gasteiger partial charge in [-0.15, -0.1) is 17.9 Å². The summed E-state index contributed by atoms with van der Waals surface area (Å²) in [4.78, 5) is 34.1. The molecule has 0 saturated heterocycles. The van der Waals surface area contributed by atoms with Gasteiger partial charge in [-0.05, 0) is 35.9 Å². The number of anilines is 2. The highest BCUT2D eigenvalue weighted by Gasteiger charge is 2.16. The van der Waals surface area contributed by atoms with E-state index in [2.05, 4.69) is 11.9 Å². The van der Waals surface area contributed by atoms with E-state index in [0.717, 1.165) is 21.8 Å². The Morgan fingerprint density at radius 3 is 2.58 bits per heavy atom. The number of nitrogens with one attached hydrogen (secondary N) is 1. The maximum absolute atomic E-state index is 13.2. The van der Waals surface area contributed by atoms with Gasteiger partial charge in [0.05, 0.1) is 11.1 Å². The number of carbonyl (C=O) groups excluding carboxylic acids is 1. The minimum atomic E-state index is -0.159. The molecule has 33 heavy (non-hydrogen) atoms. The fourth-order valence-corrected chi connectivity index (χ4v) is 5.20. The zero-order chi connectivity index (χ0) is 23.4. The molecule has 4 rings (SSSR count). The van der Waals surface area contributed by atoms with Gasteiger partial charge in [0.15, 0.2) is 5.16 Å². The Hall–Kier alpha value is -3.36. The molecule has 168 valence electrons. The second-order valence-electron chi connectivity index (χ2n) is 7.57. The Bertz CT molecular complexity index is 1340. The van der Waals surface area contributed by atoms with Crippen molar-refractivity contribution in [1.29, 1.82) is 0 Å². The first-order valence-electron chi connectivity index (χ1n) is 10.4. The van der Waals surface area contributed by atoms with Crippen molar-refractivity contribution < 1.29 is 4.79 Å². The van der Waals surface area contributed by atoms with Gasteiger partial charge >= 0.3 is 0 Å². The molecule has 0 aliphatic heterocycles. The van der Waals surface area contributed by atoms with Crippen LogP contribution in [-0.2, 0) is 11.3 Å². The molecular weight excluding hydrogens is 452 g/mol. The van der Waals surface area contributed by atoms with E-state index in [0.29, 0.717) is 21.9 Å². The van der Waals surface area contributed by atoms with Gasteiger partial charge in [-0.1, -0.05) is 48.2 Å². The van der Waals surface area contributed by atoms with Crippen LogP contribution in [0.1, 0.15) is 0 Å². The third kappa shape index (κ3) is 5.18. The van der Waals surface area contributed by atoms with E-state index in [1.54, 1.807) is 10.6 Å². The number of nitrogens with zero attached hydrogens (tertiary/aromatic N) is 3. The molecule has 0 aliphatic rings. The van der Waals surface area contributed by atoms with Crippen LogP contribution in [0.2, 0.25) is 0 Å². The van der Waals surface area contributed by atoms with Crippen molar-refractivity contribution in [3.63, 3.8) is 0 Å². The van der Waals surface area contributed by atoms with Crippen molar-refractivity contribution in [3.8, 4) is 10.4 Å². The Morgan fingerprint density at radius 1 is 1.18 bits per heavy atom. The summed E-state index contributed by atoms with van der Waals surface area (Å²) in [6, 6.07) is 19.4. The maximum Gasteiger partial charge on any atom is 0.263 e. The number of benzene rings is 2. The molecule has 8 heteroatoms. The SMILES string of the molecule is C=CCn1c(SCC(=O)Nc2ccc(N(C)C)cc2)nc2sc(-c3ccccc3)cc2c1=O. The zero-order valence-electron chi connectivity index (χ0n) is 18.4. The Kier molecular flexibility index (Phi) is 6.96. The van der Waals surface area contributed by atoms with E-state index in [1.807, 2.05) is 79.7 Å². The lowest BCUT2D eigenvalue weighted by molar-refractivity contribution is -0.113. The number of thioether (sulfide) groups is 1. The number of carbonyl (C=O) groups is 1. The van der Waals surface area contributed by atoms with Gasteiger partial charge in [-0.3, -0.25) is 14.2 Å². The molecule has 0 unspecified atom stereocenters. The fourth-order valence-electron chi connectivity index (χ4n) is 3.31. The number of aromatic nitrogens is 2. The van der Waals surface area contributed by atoms with Gasteiger partial charge in [-0.25, -0.2) is 4.98 Å². The first-order chi connectivity index (χ1) is 16.0. The molecule has 0 bridgehead atoms. The first kappa shape index (κ1) is 22.8. The Morgan fingerprint density at radius 2 is 1.91 bits per heavy atom. The number of allylic oxidation sites excluding steroid dienone is 1. The van der Waals surface area contributed by atoms with Crippen LogP contribution >= 0.6 is 23.1 Å². The number of hydrogen-bond donors (Lipinski definition) is 1. The number of amides is 1. The van der Waals surface area contributed by atoms with Gasteiger partial charge in [0.1, 0.15) is 4.83 Å². The van der Waals surface area contributed by atoms with Gasteiger partial charge in [0.25, 0.3) is 5.56 Å². The van der Waals surface area contributed by atoms with Crippen LogP contribution in [0.15, 0.2) is 83.3 Å². The second-order valence-corrected chi connectivity index (χ2v) is 9.55. The monoisotopic (exact) mass is 476 g/mol. The normalized spacial score (nSPS) is 10.8. The standard InChI is InChI=1S/C25H24N4O2S2/c1-4-14-29-24(31)20-15-21(17-8-6-5-7-9-17)33-23(20)27-25(29)32-16-22(30)26-18-10-12-19(13-11-18)28(2)3/h4-13,15H,1,14,16H2,2-3H3,(H,26,30). The average molecular weight is 477 g/mol. The predicted molar refractivity (Wildman–Crippen MR) is 140 cm³/mol. The highest BCUT2D eigenvalue weighted by atomic mass is 32.2. The summed E-state index contributed by atoms with van der Waals surface area (Å²) in [5, 5.41) is 3.98. The molecule has 0 radical (unpaired) electrons. The molecule has 0 saturated carbocycles. The molecule has 2 aromatic carbocycles. The molecule has 1 N–H and O–H groups in total. The van der Waals surface area contributed by atoms with Crippen LogP contribution in [0, 0.1) is 0 Å². The molecule has 1 amide bonds. The summed E-state index contributed by atoms with van der Waals surface area (Å²) < 4.78 is 1.57. The summed E-state index contributed by atoms with van der Waals surface area (Å²) in [5.74, 6) is -0.0187. The summed E-state index contributed by atoms with van der Waals surface area (Å²) in [7, 11) is 3.93. The summed E-state index contributed by atoms with van der Waals surface area (Å²) in [5.41, 5.74) is 2.70. The van der Waals surface area contributed by atoms with Crippen molar-refractivity contribution in [1.82, 2.24) is 9.55 Å². The van der Waals surface area contributed by atoms with E-state index in [9.17, 15) is 9.59 Å². The zero-order valence-corrected chi connectivity index (χ0v) is 20.1. The quantitative estimate of drug-likeness (QED) is 0.218. The average Bonchev–Trinajstić information content (AvgIpc) is 3.25. The molecule has 2 heterocycles. The first-order valence-corrected chi connectivity index (χ1v) is 12.2. The maximum atomic E-state index is 13.2. The molecule has 4 aromatic rings. The molecule has 6 nitrogen and oxygen atoms in total. The van der Waals surface area contributed by atoms with E-state index in [4.69, 9.17) is 4.98 Å². The fraction of sp³-hybridized carbons (Fsp3) is 0.160. The van der Waals surface area contributed by atoms with Crippen molar-refractivity contribution in [2.45, 2.75) is 11.7 Å². The van der Waals surface area contributed by atoms with Crippen molar-refractivity contribution in [2.24, 2.45) is 0 Å². The van der Waals surface area contributed by atoms with Crippen LogP contribution < -0.4 is 15.8 Å². The van der Waals surface area contributed by atoms with Gasteiger partial charge in [-0.2, -0.15) is 0 Å². The van der Waals surface area contributed by atoms with Gasteiger partial charge in [0.2, 0.25) is 5.91 Å². The summed E-state index contributed by atoms with van der Waals surface area (Å²) in [6.45, 7) is 4.09. The lowest BCUT2D eigenvalue weighted by atomic mass is 10.2. The van der Waals surface area contributed by atoms with E-state index < -0.39 is 0 Å².